The van der Waals surface area contributed by atoms with Gasteiger partial charge in [-0.2, -0.15) is 5.26 Å². The summed E-state index contributed by atoms with van der Waals surface area (Å²) in [6.07, 6.45) is 0. The van der Waals surface area contributed by atoms with Crippen molar-refractivity contribution in [2.45, 2.75) is 6.92 Å². The van der Waals surface area contributed by atoms with E-state index in [2.05, 4.69) is 10.1 Å². The van der Waals surface area contributed by atoms with E-state index < -0.39 is 11.9 Å². The molecule has 0 aliphatic rings. The summed E-state index contributed by atoms with van der Waals surface area (Å²) in [6.45, 7) is 1.11. The lowest BCUT2D eigenvalue weighted by Crippen LogP contribution is -2.36. The van der Waals surface area contributed by atoms with Crippen molar-refractivity contribution in [2.24, 2.45) is 0 Å². The van der Waals surface area contributed by atoms with Crippen LogP contribution >= 0.6 is 0 Å². The number of hydrogen-bond donors (Lipinski definition) is 1. The molecule has 2 rings (SSSR count). The second-order valence-electron chi connectivity index (χ2n) is 5.39. The van der Waals surface area contributed by atoms with Gasteiger partial charge in [0, 0.05) is 18.3 Å². The molecule has 0 saturated carbocycles. The Morgan fingerprint density at radius 1 is 1.15 bits per heavy atom. The predicted molar refractivity (Wildman–Crippen MR) is 95.6 cm³/mol. The third-order valence-corrected chi connectivity index (χ3v) is 3.54. The molecule has 0 radical (unpaired) electrons. The Morgan fingerprint density at radius 2 is 1.88 bits per heavy atom. The molecule has 132 valence electrons. The number of hydrogen-bond acceptors (Lipinski definition) is 5. The van der Waals surface area contributed by atoms with Crippen LogP contribution in [0.1, 0.15) is 22.8 Å². The number of rotatable bonds is 5. The molecule has 7 nitrogen and oxygen atoms in total. The number of nitrogens with one attached hydrogen (secondary N) is 1. The van der Waals surface area contributed by atoms with E-state index >= 15 is 0 Å². The van der Waals surface area contributed by atoms with Crippen LogP contribution in [-0.4, -0.2) is 31.4 Å². The molecule has 1 N–H and O–H groups in total. The number of esters is 1. The number of carbonyl (C=O) groups excluding carboxylic acids is 3. The normalized spacial score (nSPS) is 9.73. The molecule has 0 bridgehead atoms. The van der Waals surface area contributed by atoms with Crippen LogP contribution in [-0.2, 0) is 14.3 Å². The van der Waals surface area contributed by atoms with Crippen LogP contribution in [0.3, 0.4) is 0 Å². The molecule has 7 heteroatoms. The van der Waals surface area contributed by atoms with Crippen molar-refractivity contribution < 1.29 is 19.1 Å². The summed E-state index contributed by atoms with van der Waals surface area (Å²) in [5.74, 6) is -1.29. The van der Waals surface area contributed by atoms with Crippen molar-refractivity contribution in [3.8, 4) is 6.07 Å². The zero-order valence-corrected chi connectivity index (χ0v) is 14.4. The van der Waals surface area contributed by atoms with Crippen LogP contribution in [0.25, 0.3) is 0 Å². The zero-order chi connectivity index (χ0) is 19.1. The van der Waals surface area contributed by atoms with Crippen LogP contribution < -0.4 is 10.2 Å². The highest BCUT2D eigenvalue weighted by molar-refractivity contribution is 6.02. The van der Waals surface area contributed by atoms with Crippen LogP contribution in [0.5, 0.6) is 0 Å². The van der Waals surface area contributed by atoms with Crippen molar-refractivity contribution in [1.29, 1.82) is 5.26 Å². The van der Waals surface area contributed by atoms with Gasteiger partial charge in [0.25, 0.3) is 0 Å². The summed E-state index contributed by atoms with van der Waals surface area (Å²) in [5.41, 5.74) is 1.55. The van der Waals surface area contributed by atoms with Gasteiger partial charge in [0.1, 0.15) is 6.54 Å². The van der Waals surface area contributed by atoms with Crippen molar-refractivity contribution in [3.63, 3.8) is 0 Å². The second-order valence-corrected chi connectivity index (χ2v) is 5.39. The van der Waals surface area contributed by atoms with Gasteiger partial charge >= 0.3 is 5.97 Å². The lowest BCUT2D eigenvalue weighted by atomic mass is 10.2. The van der Waals surface area contributed by atoms with E-state index in [1.807, 2.05) is 6.07 Å². The first kappa shape index (κ1) is 18.7. The van der Waals surface area contributed by atoms with Crippen LogP contribution in [0.2, 0.25) is 0 Å². The summed E-state index contributed by atoms with van der Waals surface area (Å²) in [4.78, 5) is 37.0. The minimum atomic E-state index is -0.514. The highest BCUT2D eigenvalue weighted by Gasteiger charge is 2.17. The van der Waals surface area contributed by atoms with E-state index in [1.165, 1.54) is 31.1 Å². The molecule has 26 heavy (non-hydrogen) atoms. The minimum Gasteiger partial charge on any atom is -0.465 e. The Hall–Kier alpha value is -3.66. The van der Waals surface area contributed by atoms with Gasteiger partial charge in [0.15, 0.2) is 0 Å². The molecule has 0 aliphatic carbocycles. The fraction of sp³-hybridized carbons (Fsp3) is 0.158. The summed E-state index contributed by atoms with van der Waals surface area (Å²) < 4.78 is 4.64. The summed E-state index contributed by atoms with van der Waals surface area (Å²) >= 11 is 0. The third-order valence-electron chi connectivity index (χ3n) is 3.54. The molecule has 0 spiro atoms. The third kappa shape index (κ3) is 4.68. The van der Waals surface area contributed by atoms with Gasteiger partial charge < -0.3 is 15.0 Å². The fourth-order valence-corrected chi connectivity index (χ4v) is 2.31. The van der Waals surface area contributed by atoms with Gasteiger partial charge in [0.2, 0.25) is 11.8 Å². The van der Waals surface area contributed by atoms with Crippen molar-refractivity contribution in [1.82, 2.24) is 0 Å². The van der Waals surface area contributed by atoms with Crippen molar-refractivity contribution >= 4 is 29.2 Å². The SMILES string of the molecule is COC(=O)c1cccc(NC(=O)CN(C(C)=O)c2cccc(C#N)c2)c1. The average Bonchev–Trinajstić information content (AvgIpc) is 2.65. The molecule has 0 saturated heterocycles. The Labute approximate surface area is 150 Å². The lowest BCUT2D eigenvalue weighted by molar-refractivity contribution is -0.120. The summed E-state index contributed by atoms with van der Waals surface area (Å²) in [6, 6.07) is 14.7. The van der Waals surface area contributed by atoms with Crippen LogP contribution in [0.15, 0.2) is 48.5 Å². The molecule has 2 amide bonds. The van der Waals surface area contributed by atoms with Gasteiger partial charge in [-0.25, -0.2) is 4.79 Å². The molecule has 0 unspecified atom stereocenters. The van der Waals surface area contributed by atoms with Gasteiger partial charge in [0.05, 0.1) is 24.3 Å². The fourth-order valence-electron chi connectivity index (χ4n) is 2.31. The number of benzene rings is 2. The highest BCUT2D eigenvalue weighted by atomic mass is 16.5. The second kappa shape index (κ2) is 8.44. The number of carbonyl (C=O) groups is 3. The van der Waals surface area contributed by atoms with Crippen molar-refractivity contribution in [2.75, 3.05) is 23.9 Å². The summed E-state index contributed by atoms with van der Waals surface area (Å²) in [7, 11) is 1.27. The number of anilines is 2. The number of ether oxygens (including phenoxy) is 1. The van der Waals surface area contributed by atoms with Crippen LogP contribution in [0, 0.1) is 11.3 Å². The Morgan fingerprint density at radius 3 is 2.54 bits per heavy atom. The number of nitriles is 1. The molecular weight excluding hydrogens is 334 g/mol. The molecule has 0 aromatic heterocycles. The molecule has 2 aromatic rings. The van der Waals surface area contributed by atoms with E-state index in [0.717, 1.165) is 0 Å². The smallest absolute Gasteiger partial charge is 0.337 e. The first-order valence-corrected chi connectivity index (χ1v) is 7.71. The molecular formula is C19H17N3O4. The average molecular weight is 351 g/mol. The first-order valence-electron chi connectivity index (χ1n) is 7.71. The lowest BCUT2D eigenvalue weighted by Gasteiger charge is -2.21. The van der Waals surface area contributed by atoms with Gasteiger partial charge in [-0.1, -0.05) is 12.1 Å². The maximum absolute atomic E-state index is 12.3. The zero-order valence-electron chi connectivity index (χ0n) is 14.4. The van der Waals surface area contributed by atoms with E-state index in [4.69, 9.17) is 5.26 Å². The molecule has 0 heterocycles. The Balaban J connectivity index is 2.15. The highest BCUT2D eigenvalue weighted by Crippen LogP contribution is 2.17. The van der Waals surface area contributed by atoms with E-state index in [-0.39, 0.29) is 12.5 Å². The quantitative estimate of drug-likeness (QED) is 0.834. The van der Waals surface area contributed by atoms with Gasteiger partial charge in [-0.3, -0.25) is 9.59 Å². The Bertz CT molecular complexity index is 886. The summed E-state index contributed by atoms with van der Waals surface area (Å²) in [5, 5.41) is 11.6. The van der Waals surface area contributed by atoms with E-state index in [0.29, 0.717) is 22.5 Å². The number of nitrogens with zero attached hydrogens (tertiary/aromatic N) is 2. The number of methoxy groups -OCH3 is 1. The maximum Gasteiger partial charge on any atom is 0.337 e. The van der Waals surface area contributed by atoms with Gasteiger partial charge in [-0.15, -0.1) is 0 Å². The standard InChI is InChI=1S/C19H17N3O4/c1-13(23)22(17-8-3-5-14(9-17)11-20)12-18(24)21-16-7-4-6-15(10-16)19(25)26-2/h3-10H,12H2,1-2H3,(H,21,24). The molecule has 0 atom stereocenters. The maximum atomic E-state index is 12.3. The largest absolute Gasteiger partial charge is 0.465 e. The first-order chi connectivity index (χ1) is 12.4. The molecule has 2 aromatic carbocycles. The van der Waals surface area contributed by atoms with E-state index in [9.17, 15) is 14.4 Å². The molecule has 0 fully saturated rings. The Kier molecular flexibility index (Phi) is 6.06. The predicted octanol–water partition coefficient (Wildman–Crippen LogP) is 2.34. The topological polar surface area (TPSA) is 99.5 Å². The molecule has 0 aliphatic heterocycles. The minimum absolute atomic E-state index is 0.229. The van der Waals surface area contributed by atoms with Crippen LogP contribution in [0.4, 0.5) is 11.4 Å². The number of amides is 2. The van der Waals surface area contributed by atoms with E-state index in [1.54, 1.807) is 36.4 Å². The van der Waals surface area contributed by atoms with Gasteiger partial charge in [-0.05, 0) is 36.4 Å². The monoisotopic (exact) mass is 351 g/mol. The van der Waals surface area contributed by atoms with Crippen molar-refractivity contribution in [3.05, 3.63) is 59.7 Å².